The van der Waals surface area contributed by atoms with E-state index in [1.54, 1.807) is 0 Å². The Morgan fingerprint density at radius 3 is 3.08 bits per heavy atom. The van der Waals surface area contributed by atoms with Gasteiger partial charge in [-0.2, -0.15) is 11.8 Å². The van der Waals surface area contributed by atoms with Gasteiger partial charge < -0.3 is 10.5 Å². The first kappa shape index (κ1) is 10.9. The maximum atomic E-state index is 11.2. The van der Waals surface area contributed by atoms with Crippen molar-refractivity contribution in [3.8, 4) is 0 Å². The highest BCUT2D eigenvalue weighted by molar-refractivity contribution is 7.99. The zero-order chi connectivity index (χ0) is 9.68. The molecular formula is C9H17NO2S. The summed E-state index contributed by atoms with van der Waals surface area (Å²) in [6.45, 7) is 2.29. The van der Waals surface area contributed by atoms with Crippen LogP contribution in [0.25, 0.3) is 0 Å². The average molecular weight is 203 g/mol. The fourth-order valence-corrected chi connectivity index (χ4v) is 2.73. The first-order chi connectivity index (χ1) is 6.24. The summed E-state index contributed by atoms with van der Waals surface area (Å²) in [7, 11) is 0. The van der Waals surface area contributed by atoms with Gasteiger partial charge in [-0.25, -0.2) is 0 Å². The third-order valence-electron chi connectivity index (χ3n) is 2.27. The lowest BCUT2D eigenvalue weighted by atomic mass is 9.96. The smallest absolute Gasteiger partial charge is 0.306 e. The van der Waals surface area contributed by atoms with Crippen molar-refractivity contribution in [2.24, 2.45) is 11.7 Å². The minimum absolute atomic E-state index is 0.106. The SMILES string of the molecule is CCOC(=O)CC1CSCCC1N. The number of ether oxygens (including phenoxy) is 1. The van der Waals surface area contributed by atoms with Crippen molar-refractivity contribution >= 4 is 17.7 Å². The van der Waals surface area contributed by atoms with Crippen LogP contribution in [-0.4, -0.2) is 30.1 Å². The Morgan fingerprint density at radius 1 is 1.69 bits per heavy atom. The zero-order valence-corrected chi connectivity index (χ0v) is 8.81. The van der Waals surface area contributed by atoms with Gasteiger partial charge in [0, 0.05) is 6.04 Å². The number of rotatable bonds is 3. The van der Waals surface area contributed by atoms with Crippen molar-refractivity contribution < 1.29 is 9.53 Å². The lowest BCUT2D eigenvalue weighted by Gasteiger charge is -2.27. The van der Waals surface area contributed by atoms with E-state index in [1.807, 2.05) is 18.7 Å². The molecule has 1 heterocycles. The van der Waals surface area contributed by atoms with Gasteiger partial charge in [0.25, 0.3) is 0 Å². The predicted molar refractivity (Wildman–Crippen MR) is 54.7 cm³/mol. The van der Waals surface area contributed by atoms with Crippen LogP contribution in [0.2, 0.25) is 0 Å². The van der Waals surface area contributed by atoms with E-state index in [1.165, 1.54) is 0 Å². The molecule has 0 aromatic carbocycles. The molecule has 1 aliphatic heterocycles. The Balaban J connectivity index is 2.29. The third kappa shape index (κ3) is 3.56. The summed E-state index contributed by atoms with van der Waals surface area (Å²) in [6.07, 6.45) is 1.51. The summed E-state index contributed by atoms with van der Waals surface area (Å²) in [4.78, 5) is 11.2. The van der Waals surface area contributed by atoms with E-state index < -0.39 is 0 Å². The molecule has 0 saturated carbocycles. The summed E-state index contributed by atoms with van der Waals surface area (Å²) < 4.78 is 4.89. The predicted octanol–water partition coefficient (Wildman–Crippen LogP) is 1.02. The van der Waals surface area contributed by atoms with Crippen LogP contribution in [0.1, 0.15) is 19.8 Å². The van der Waals surface area contributed by atoms with Crippen LogP contribution in [-0.2, 0) is 9.53 Å². The fraction of sp³-hybridized carbons (Fsp3) is 0.889. The van der Waals surface area contributed by atoms with Crippen LogP contribution in [0.5, 0.6) is 0 Å². The van der Waals surface area contributed by atoms with Crippen molar-refractivity contribution in [1.82, 2.24) is 0 Å². The molecule has 0 radical (unpaired) electrons. The fourth-order valence-electron chi connectivity index (χ4n) is 1.46. The molecule has 0 spiro atoms. The summed E-state index contributed by atoms with van der Waals surface area (Å²) >= 11 is 1.88. The minimum atomic E-state index is -0.106. The average Bonchev–Trinajstić information content (AvgIpc) is 2.09. The molecule has 2 unspecified atom stereocenters. The molecule has 1 rings (SSSR count). The third-order valence-corrected chi connectivity index (χ3v) is 3.46. The maximum Gasteiger partial charge on any atom is 0.306 e. The molecule has 0 amide bonds. The molecule has 0 bridgehead atoms. The number of hydrogen-bond acceptors (Lipinski definition) is 4. The number of nitrogens with two attached hydrogens (primary N) is 1. The number of thioether (sulfide) groups is 1. The van der Waals surface area contributed by atoms with Gasteiger partial charge in [-0.1, -0.05) is 0 Å². The van der Waals surface area contributed by atoms with E-state index in [9.17, 15) is 4.79 Å². The molecule has 0 aromatic rings. The van der Waals surface area contributed by atoms with Gasteiger partial charge in [0.1, 0.15) is 0 Å². The highest BCUT2D eigenvalue weighted by Gasteiger charge is 2.24. The standard InChI is InChI=1S/C9H17NO2S/c1-2-12-9(11)5-7-6-13-4-3-8(7)10/h7-8H,2-6,10H2,1H3. The second-order valence-electron chi connectivity index (χ2n) is 3.30. The molecule has 2 N–H and O–H groups in total. The first-order valence-electron chi connectivity index (χ1n) is 4.73. The van der Waals surface area contributed by atoms with Crippen molar-refractivity contribution in [1.29, 1.82) is 0 Å². The van der Waals surface area contributed by atoms with Gasteiger partial charge >= 0.3 is 5.97 Å². The van der Waals surface area contributed by atoms with Gasteiger partial charge in [0.15, 0.2) is 0 Å². The first-order valence-corrected chi connectivity index (χ1v) is 5.88. The minimum Gasteiger partial charge on any atom is -0.466 e. The Morgan fingerprint density at radius 2 is 2.46 bits per heavy atom. The number of carbonyl (C=O) groups excluding carboxylic acids is 1. The van der Waals surface area contributed by atoms with E-state index in [-0.39, 0.29) is 12.0 Å². The van der Waals surface area contributed by atoms with E-state index in [4.69, 9.17) is 10.5 Å². The summed E-state index contributed by atoms with van der Waals surface area (Å²) in [5, 5.41) is 0. The molecule has 1 aliphatic rings. The molecular weight excluding hydrogens is 186 g/mol. The lowest BCUT2D eigenvalue weighted by Crippen LogP contribution is -2.37. The lowest BCUT2D eigenvalue weighted by molar-refractivity contribution is -0.144. The van der Waals surface area contributed by atoms with Crippen molar-refractivity contribution in [2.45, 2.75) is 25.8 Å². The number of esters is 1. The normalized spacial score (nSPS) is 28.5. The molecule has 76 valence electrons. The Bertz CT molecular complexity index is 175. The Kier molecular flexibility index (Phi) is 4.59. The topological polar surface area (TPSA) is 52.3 Å². The molecule has 1 fully saturated rings. The highest BCUT2D eigenvalue weighted by atomic mass is 32.2. The van der Waals surface area contributed by atoms with Gasteiger partial charge in [0.2, 0.25) is 0 Å². The van der Waals surface area contributed by atoms with Crippen LogP contribution in [0.3, 0.4) is 0 Å². The van der Waals surface area contributed by atoms with Gasteiger partial charge in [-0.15, -0.1) is 0 Å². The molecule has 2 atom stereocenters. The van der Waals surface area contributed by atoms with E-state index in [0.717, 1.165) is 17.9 Å². The summed E-state index contributed by atoms with van der Waals surface area (Å²) in [5.74, 6) is 2.34. The van der Waals surface area contributed by atoms with Crippen LogP contribution < -0.4 is 5.73 Å². The van der Waals surface area contributed by atoms with E-state index >= 15 is 0 Å². The van der Waals surface area contributed by atoms with Gasteiger partial charge in [-0.05, 0) is 30.8 Å². The summed E-state index contributed by atoms with van der Waals surface area (Å²) in [6, 6.07) is 0.186. The monoisotopic (exact) mass is 203 g/mol. The zero-order valence-electron chi connectivity index (χ0n) is 7.99. The van der Waals surface area contributed by atoms with Crippen LogP contribution in [0.15, 0.2) is 0 Å². The molecule has 13 heavy (non-hydrogen) atoms. The van der Waals surface area contributed by atoms with E-state index in [0.29, 0.717) is 18.9 Å². The second-order valence-corrected chi connectivity index (χ2v) is 4.45. The molecule has 0 aliphatic carbocycles. The van der Waals surface area contributed by atoms with E-state index in [2.05, 4.69) is 0 Å². The van der Waals surface area contributed by atoms with Crippen molar-refractivity contribution in [2.75, 3.05) is 18.1 Å². The van der Waals surface area contributed by atoms with Crippen LogP contribution in [0.4, 0.5) is 0 Å². The van der Waals surface area contributed by atoms with Gasteiger partial charge in [0.05, 0.1) is 13.0 Å². The Labute approximate surface area is 83.4 Å². The Hall–Kier alpha value is -0.220. The number of carbonyl (C=O) groups is 1. The number of hydrogen-bond donors (Lipinski definition) is 1. The largest absolute Gasteiger partial charge is 0.466 e. The molecule has 1 saturated heterocycles. The summed E-state index contributed by atoms with van der Waals surface area (Å²) in [5.41, 5.74) is 5.90. The second kappa shape index (κ2) is 5.50. The van der Waals surface area contributed by atoms with Crippen LogP contribution in [0, 0.1) is 5.92 Å². The van der Waals surface area contributed by atoms with Crippen molar-refractivity contribution in [3.05, 3.63) is 0 Å². The highest BCUT2D eigenvalue weighted by Crippen LogP contribution is 2.24. The maximum absolute atomic E-state index is 11.2. The molecule has 0 aromatic heterocycles. The van der Waals surface area contributed by atoms with Crippen molar-refractivity contribution in [3.63, 3.8) is 0 Å². The molecule has 3 nitrogen and oxygen atoms in total. The van der Waals surface area contributed by atoms with Gasteiger partial charge in [-0.3, -0.25) is 4.79 Å². The molecule has 4 heteroatoms. The quantitative estimate of drug-likeness (QED) is 0.696. The van der Waals surface area contributed by atoms with Crippen LogP contribution >= 0.6 is 11.8 Å².